The number of carbonyl (C=O) groups is 2. The highest BCUT2D eigenvalue weighted by Gasteiger charge is 2.26. The summed E-state index contributed by atoms with van der Waals surface area (Å²) in [5.74, 6) is -1.42. The summed E-state index contributed by atoms with van der Waals surface area (Å²) in [6.07, 6.45) is 0.648. The SMILES string of the molecule is COc1ccc(CCC(=O)N2CCN(C(=O)c3cc(Cl)ccc3F)CC2)cc1F. The van der Waals surface area contributed by atoms with E-state index in [1.54, 1.807) is 11.0 Å². The Kier molecular flexibility index (Phi) is 6.69. The van der Waals surface area contributed by atoms with Crippen LogP contribution in [0.25, 0.3) is 0 Å². The molecule has 1 saturated heterocycles. The number of nitrogens with zero attached hydrogens (tertiary/aromatic N) is 2. The number of hydrogen-bond acceptors (Lipinski definition) is 3. The van der Waals surface area contributed by atoms with E-state index in [0.717, 1.165) is 6.07 Å². The van der Waals surface area contributed by atoms with Crippen molar-refractivity contribution in [3.05, 3.63) is 64.2 Å². The first-order valence-corrected chi connectivity index (χ1v) is 9.61. The Bertz CT molecular complexity index is 915. The molecule has 0 radical (unpaired) electrons. The summed E-state index contributed by atoms with van der Waals surface area (Å²) in [6, 6.07) is 8.49. The number of aryl methyl sites for hydroxylation is 1. The van der Waals surface area contributed by atoms with Crippen molar-refractivity contribution in [2.75, 3.05) is 33.3 Å². The van der Waals surface area contributed by atoms with Crippen LogP contribution in [0.5, 0.6) is 5.75 Å². The number of methoxy groups -OCH3 is 1. The van der Waals surface area contributed by atoms with Crippen LogP contribution < -0.4 is 4.74 Å². The lowest BCUT2D eigenvalue weighted by atomic mass is 10.1. The van der Waals surface area contributed by atoms with Gasteiger partial charge in [0.25, 0.3) is 5.91 Å². The van der Waals surface area contributed by atoms with Crippen molar-refractivity contribution in [1.82, 2.24) is 9.80 Å². The van der Waals surface area contributed by atoms with Crippen molar-refractivity contribution < 1.29 is 23.1 Å². The largest absolute Gasteiger partial charge is 0.494 e. The molecule has 2 aromatic carbocycles. The molecule has 154 valence electrons. The molecule has 5 nitrogen and oxygen atoms in total. The predicted octanol–water partition coefficient (Wildman–Crippen LogP) is 3.54. The highest BCUT2D eigenvalue weighted by atomic mass is 35.5. The van der Waals surface area contributed by atoms with Crippen LogP contribution in [0, 0.1) is 11.6 Å². The second-order valence-corrected chi connectivity index (χ2v) is 7.20. The molecule has 0 N–H and O–H groups in total. The van der Waals surface area contributed by atoms with Gasteiger partial charge in [-0.25, -0.2) is 8.78 Å². The van der Waals surface area contributed by atoms with Gasteiger partial charge in [0.1, 0.15) is 5.82 Å². The lowest BCUT2D eigenvalue weighted by Gasteiger charge is -2.35. The molecule has 29 heavy (non-hydrogen) atoms. The average Bonchev–Trinajstić information content (AvgIpc) is 2.73. The fourth-order valence-corrected chi connectivity index (χ4v) is 3.44. The van der Waals surface area contributed by atoms with Gasteiger partial charge in [-0.2, -0.15) is 0 Å². The topological polar surface area (TPSA) is 49.9 Å². The van der Waals surface area contributed by atoms with Crippen LogP contribution in [0.2, 0.25) is 5.02 Å². The minimum Gasteiger partial charge on any atom is -0.494 e. The van der Waals surface area contributed by atoms with E-state index in [0.29, 0.717) is 43.2 Å². The third-order valence-electron chi connectivity index (χ3n) is 4.92. The van der Waals surface area contributed by atoms with Crippen molar-refractivity contribution in [2.24, 2.45) is 0 Å². The Hall–Kier alpha value is -2.67. The molecular weight excluding hydrogens is 402 g/mol. The average molecular weight is 423 g/mol. The Labute approximate surface area is 172 Å². The normalized spacial score (nSPS) is 14.1. The smallest absolute Gasteiger partial charge is 0.257 e. The van der Waals surface area contributed by atoms with Gasteiger partial charge in [-0.3, -0.25) is 9.59 Å². The summed E-state index contributed by atoms with van der Waals surface area (Å²) in [7, 11) is 1.40. The van der Waals surface area contributed by atoms with Crippen molar-refractivity contribution in [3.8, 4) is 5.75 Å². The number of piperazine rings is 1. The van der Waals surface area contributed by atoms with Gasteiger partial charge < -0.3 is 14.5 Å². The number of rotatable bonds is 5. The molecule has 1 aliphatic heterocycles. The molecule has 0 spiro atoms. The summed E-state index contributed by atoms with van der Waals surface area (Å²) in [5, 5.41) is 0.290. The third-order valence-corrected chi connectivity index (χ3v) is 5.16. The summed E-state index contributed by atoms with van der Waals surface area (Å²) < 4.78 is 32.5. The van der Waals surface area contributed by atoms with Gasteiger partial charge in [0.15, 0.2) is 11.6 Å². The monoisotopic (exact) mass is 422 g/mol. The lowest BCUT2D eigenvalue weighted by Crippen LogP contribution is -2.50. The molecule has 0 saturated carbocycles. The maximum atomic E-state index is 13.9. The molecule has 3 rings (SSSR count). The van der Waals surface area contributed by atoms with Gasteiger partial charge in [0.05, 0.1) is 12.7 Å². The standard InChI is InChI=1S/C21H21ClF2N2O3/c1-29-19-6-2-14(12-18(19)24)3-7-20(27)25-8-10-26(11-9-25)21(28)16-13-15(22)4-5-17(16)23/h2,4-6,12-13H,3,7-11H2,1H3. The van der Waals surface area contributed by atoms with E-state index >= 15 is 0 Å². The number of amides is 2. The van der Waals surface area contributed by atoms with E-state index in [-0.39, 0.29) is 23.6 Å². The molecule has 0 aliphatic carbocycles. The van der Waals surface area contributed by atoms with E-state index in [1.165, 1.54) is 36.3 Å². The van der Waals surface area contributed by atoms with Crippen LogP contribution >= 0.6 is 11.6 Å². The van der Waals surface area contributed by atoms with E-state index in [2.05, 4.69) is 0 Å². The quantitative estimate of drug-likeness (QED) is 0.740. The Balaban J connectivity index is 1.52. The summed E-state index contributed by atoms with van der Waals surface area (Å²) in [5.41, 5.74) is 0.640. The van der Waals surface area contributed by atoms with Gasteiger partial charge in [0, 0.05) is 37.6 Å². The zero-order valence-corrected chi connectivity index (χ0v) is 16.7. The van der Waals surface area contributed by atoms with Gasteiger partial charge in [0.2, 0.25) is 5.91 Å². The molecule has 1 fully saturated rings. The van der Waals surface area contributed by atoms with Gasteiger partial charge >= 0.3 is 0 Å². The highest BCUT2D eigenvalue weighted by molar-refractivity contribution is 6.31. The molecule has 0 aromatic heterocycles. The fourth-order valence-electron chi connectivity index (χ4n) is 3.27. The minimum absolute atomic E-state index is 0.0674. The third kappa shape index (κ3) is 5.03. The summed E-state index contributed by atoms with van der Waals surface area (Å²) in [6.45, 7) is 1.36. The van der Waals surface area contributed by atoms with Crippen molar-refractivity contribution in [2.45, 2.75) is 12.8 Å². The van der Waals surface area contributed by atoms with Crippen LogP contribution in [-0.2, 0) is 11.2 Å². The number of carbonyl (C=O) groups excluding carboxylic acids is 2. The fraction of sp³-hybridized carbons (Fsp3) is 0.333. The second-order valence-electron chi connectivity index (χ2n) is 6.77. The van der Waals surface area contributed by atoms with E-state index in [9.17, 15) is 18.4 Å². The van der Waals surface area contributed by atoms with Crippen LogP contribution in [0.1, 0.15) is 22.3 Å². The van der Waals surface area contributed by atoms with Crippen molar-refractivity contribution in [3.63, 3.8) is 0 Å². The number of ether oxygens (including phenoxy) is 1. The van der Waals surface area contributed by atoms with Crippen LogP contribution in [0.3, 0.4) is 0 Å². The molecule has 2 aromatic rings. The highest BCUT2D eigenvalue weighted by Crippen LogP contribution is 2.20. The van der Waals surface area contributed by atoms with Crippen LogP contribution in [0.15, 0.2) is 36.4 Å². The Morgan fingerprint density at radius 3 is 2.34 bits per heavy atom. The zero-order chi connectivity index (χ0) is 21.0. The second kappa shape index (κ2) is 9.22. The Morgan fingerprint density at radius 2 is 1.69 bits per heavy atom. The maximum Gasteiger partial charge on any atom is 0.257 e. The minimum atomic E-state index is -0.621. The van der Waals surface area contributed by atoms with Crippen LogP contribution in [-0.4, -0.2) is 54.9 Å². The van der Waals surface area contributed by atoms with Crippen molar-refractivity contribution in [1.29, 1.82) is 0 Å². The van der Waals surface area contributed by atoms with E-state index in [1.807, 2.05) is 0 Å². The summed E-state index contributed by atoms with van der Waals surface area (Å²) >= 11 is 5.86. The number of hydrogen-bond donors (Lipinski definition) is 0. The first kappa shape index (κ1) is 21.0. The first-order chi connectivity index (χ1) is 13.9. The molecule has 2 amide bonds. The van der Waals surface area contributed by atoms with Gasteiger partial charge in [-0.1, -0.05) is 17.7 Å². The molecular formula is C21H21ClF2N2O3. The molecule has 0 bridgehead atoms. The molecule has 0 atom stereocenters. The Morgan fingerprint density at radius 1 is 1.00 bits per heavy atom. The van der Waals surface area contributed by atoms with Crippen LogP contribution in [0.4, 0.5) is 8.78 Å². The van der Waals surface area contributed by atoms with Crippen molar-refractivity contribution >= 4 is 23.4 Å². The number of benzene rings is 2. The maximum absolute atomic E-state index is 13.9. The van der Waals surface area contributed by atoms with Gasteiger partial charge in [-0.05, 0) is 42.3 Å². The first-order valence-electron chi connectivity index (χ1n) is 9.23. The van der Waals surface area contributed by atoms with Gasteiger partial charge in [-0.15, -0.1) is 0 Å². The van der Waals surface area contributed by atoms with E-state index < -0.39 is 17.5 Å². The zero-order valence-electron chi connectivity index (χ0n) is 16.0. The molecule has 1 aliphatic rings. The molecule has 0 unspecified atom stereocenters. The van der Waals surface area contributed by atoms with E-state index in [4.69, 9.17) is 16.3 Å². The molecule has 8 heteroatoms. The molecule has 1 heterocycles. The predicted molar refractivity (Wildman–Crippen MR) is 105 cm³/mol. The summed E-state index contributed by atoms with van der Waals surface area (Å²) in [4.78, 5) is 28.1. The lowest BCUT2D eigenvalue weighted by molar-refractivity contribution is -0.132. The number of halogens is 3.